The minimum absolute atomic E-state index is 0.000436. The van der Waals surface area contributed by atoms with Gasteiger partial charge in [0.25, 0.3) is 5.91 Å². The van der Waals surface area contributed by atoms with Crippen molar-refractivity contribution in [3.05, 3.63) is 77.3 Å². The number of carbonyl (C=O) groups is 1. The molecule has 0 radical (unpaired) electrons. The van der Waals surface area contributed by atoms with Crippen molar-refractivity contribution in [1.82, 2.24) is 14.8 Å². The van der Waals surface area contributed by atoms with Crippen LogP contribution in [0.2, 0.25) is 0 Å². The molecule has 2 aromatic carbocycles. The number of piperazine rings is 1. The third-order valence-corrected chi connectivity index (χ3v) is 6.03. The Balaban J connectivity index is 1.25. The number of hydrogen-bond acceptors (Lipinski definition) is 6. The highest BCUT2D eigenvalue weighted by molar-refractivity contribution is 7.14. The second-order valence-corrected chi connectivity index (χ2v) is 8.38. The Morgan fingerprint density at radius 3 is 2.56 bits per heavy atom. The number of ether oxygens (including phenoxy) is 1. The highest BCUT2D eigenvalue weighted by Crippen LogP contribution is 2.24. The number of anilines is 2. The Morgan fingerprint density at radius 1 is 1.09 bits per heavy atom. The monoisotopic (exact) mass is 448 g/mol. The van der Waals surface area contributed by atoms with E-state index in [1.165, 1.54) is 16.9 Å². The lowest BCUT2D eigenvalue weighted by atomic mass is 10.2. The zero-order valence-corrected chi connectivity index (χ0v) is 19.1. The van der Waals surface area contributed by atoms with Crippen LogP contribution in [0.4, 0.5) is 10.8 Å². The van der Waals surface area contributed by atoms with Crippen LogP contribution >= 0.6 is 11.3 Å². The van der Waals surface area contributed by atoms with Gasteiger partial charge in [0.1, 0.15) is 11.4 Å². The topological polar surface area (TPSA) is 57.7 Å². The summed E-state index contributed by atoms with van der Waals surface area (Å²) in [6.07, 6.45) is 4.33. The molecule has 166 valence electrons. The van der Waals surface area contributed by atoms with Gasteiger partial charge in [0, 0.05) is 43.8 Å². The summed E-state index contributed by atoms with van der Waals surface area (Å²) >= 11 is 1.44. The number of carbonyl (C=O) groups excluding carboxylic acids is 1. The van der Waals surface area contributed by atoms with E-state index >= 15 is 0 Å². The summed E-state index contributed by atoms with van der Waals surface area (Å²) < 4.78 is 5.47. The van der Waals surface area contributed by atoms with Gasteiger partial charge in [-0.3, -0.25) is 9.69 Å². The Labute approximate surface area is 193 Å². The third-order valence-electron chi connectivity index (χ3n) is 5.27. The number of hydrogen-bond donors (Lipinski definition) is 1. The maximum absolute atomic E-state index is 12.9. The minimum atomic E-state index is 0.000436. The Morgan fingerprint density at radius 2 is 1.84 bits per heavy atom. The molecule has 1 N–H and O–H groups in total. The van der Waals surface area contributed by atoms with Gasteiger partial charge in [0.05, 0.1) is 6.61 Å². The summed E-state index contributed by atoms with van der Waals surface area (Å²) in [7, 11) is 0. The highest BCUT2D eigenvalue weighted by Gasteiger charge is 2.23. The van der Waals surface area contributed by atoms with Crippen LogP contribution in [0.25, 0.3) is 6.08 Å². The number of aromatic nitrogens is 1. The van der Waals surface area contributed by atoms with E-state index in [1.807, 2.05) is 59.7 Å². The zero-order valence-electron chi connectivity index (χ0n) is 18.2. The van der Waals surface area contributed by atoms with Crippen LogP contribution in [-0.4, -0.2) is 60.0 Å². The normalized spacial score (nSPS) is 14.6. The van der Waals surface area contributed by atoms with Crippen molar-refractivity contribution in [2.24, 2.45) is 0 Å². The van der Waals surface area contributed by atoms with Crippen molar-refractivity contribution in [1.29, 1.82) is 0 Å². The number of amides is 1. The fourth-order valence-corrected chi connectivity index (χ4v) is 4.26. The molecule has 1 fully saturated rings. The summed E-state index contributed by atoms with van der Waals surface area (Å²) in [6, 6.07) is 18.0. The molecule has 32 heavy (non-hydrogen) atoms. The molecule has 0 atom stereocenters. The number of nitrogens with zero attached hydrogens (tertiary/aromatic N) is 3. The van der Waals surface area contributed by atoms with Gasteiger partial charge in [0.15, 0.2) is 5.13 Å². The fraction of sp³-hybridized carbons (Fsp3) is 0.280. The van der Waals surface area contributed by atoms with Gasteiger partial charge >= 0.3 is 0 Å². The quantitative estimate of drug-likeness (QED) is 0.539. The first-order valence-corrected chi connectivity index (χ1v) is 11.8. The standard InChI is InChI=1S/C25H28N4O2S/c1-2-31-22-12-10-21(11-13-22)26-25-27-23(19-32-25)24(30)29-17-15-28(16-18-29)14-6-9-20-7-4-3-5-8-20/h3-13,19H,2,14-18H2,1H3,(H,26,27)/b9-6+. The highest BCUT2D eigenvalue weighted by atomic mass is 32.1. The fourth-order valence-electron chi connectivity index (χ4n) is 3.55. The largest absolute Gasteiger partial charge is 0.494 e. The summed E-state index contributed by atoms with van der Waals surface area (Å²) in [5, 5.41) is 5.80. The van der Waals surface area contributed by atoms with E-state index in [0.717, 1.165) is 44.2 Å². The van der Waals surface area contributed by atoms with Crippen molar-refractivity contribution in [3.8, 4) is 5.75 Å². The average Bonchev–Trinajstić information content (AvgIpc) is 3.30. The van der Waals surface area contributed by atoms with Crippen LogP contribution in [0.15, 0.2) is 66.1 Å². The van der Waals surface area contributed by atoms with E-state index in [4.69, 9.17) is 4.74 Å². The van der Waals surface area contributed by atoms with Crippen LogP contribution in [-0.2, 0) is 0 Å². The molecule has 1 saturated heterocycles. The van der Waals surface area contributed by atoms with Gasteiger partial charge in [-0.1, -0.05) is 42.5 Å². The summed E-state index contributed by atoms with van der Waals surface area (Å²) in [6.45, 7) is 6.67. The van der Waals surface area contributed by atoms with Crippen LogP contribution in [0, 0.1) is 0 Å². The summed E-state index contributed by atoms with van der Waals surface area (Å²) in [4.78, 5) is 21.6. The number of rotatable bonds is 8. The van der Waals surface area contributed by atoms with Gasteiger partial charge in [0.2, 0.25) is 0 Å². The molecule has 0 saturated carbocycles. The van der Waals surface area contributed by atoms with Crippen LogP contribution in [0.1, 0.15) is 23.0 Å². The lowest BCUT2D eigenvalue weighted by Crippen LogP contribution is -2.48. The smallest absolute Gasteiger partial charge is 0.273 e. The maximum atomic E-state index is 12.9. The van der Waals surface area contributed by atoms with Crippen molar-refractivity contribution in [2.75, 3.05) is 44.6 Å². The molecule has 0 bridgehead atoms. The first-order valence-electron chi connectivity index (χ1n) is 10.9. The molecule has 0 unspecified atom stereocenters. The molecule has 1 aliphatic rings. The van der Waals surface area contributed by atoms with E-state index in [9.17, 15) is 4.79 Å². The predicted octanol–water partition coefficient (Wildman–Crippen LogP) is 4.76. The van der Waals surface area contributed by atoms with Crippen molar-refractivity contribution >= 4 is 34.1 Å². The van der Waals surface area contributed by atoms with Gasteiger partial charge in [-0.25, -0.2) is 4.98 Å². The SMILES string of the molecule is CCOc1ccc(Nc2nc(C(=O)N3CCN(C/C=C/c4ccccc4)CC3)cs2)cc1. The second-order valence-electron chi connectivity index (χ2n) is 7.53. The van der Waals surface area contributed by atoms with Crippen LogP contribution in [0.5, 0.6) is 5.75 Å². The molecule has 3 aromatic rings. The van der Waals surface area contributed by atoms with E-state index in [1.54, 1.807) is 0 Å². The molecular weight excluding hydrogens is 420 g/mol. The van der Waals surface area contributed by atoms with Gasteiger partial charge in [-0.05, 0) is 36.8 Å². The number of nitrogens with one attached hydrogen (secondary N) is 1. The molecule has 0 aliphatic carbocycles. The summed E-state index contributed by atoms with van der Waals surface area (Å²) in [5.41, 5.74) is 2.62. The zero-order chi connectivity index (χ0) is 22.2. The molecule has 7 heteroatoms. The molecule has 1 aliphatic heterocycles. The van der Waals surface area contributed by atoms with E-state index < -0.39 is 0 Å². The molecule has 6 nitrogen and oxygen atoms in total. The third kappa shape index (κ3) is 5.96. The van der Waals surface area contributed by atoms with Gasteiger partial charge in [-0.15, -0.1) is 11.3 Å². The van der Waals surface area contributed by atoms with E-state index in [2.05, 4.69) is 39.5 Å². The molecule has 1 aromatic heterocycles. The molecular formula is C25H28N4O2S. The predicted molar refractivity (Wildman–Crippen MR) is 131 cm³/mol. The number of thiazole rings is 1. The Bertz CT molecular complexity index is 1030. The molecule has 0 spiro atoms. The Kier molecular flexibility index (Phi) is 7.53. The van der Waals surface area contributed by atoms with Gasteiger partial charge < -0.3 is 15.0 Å². The van der Waals surface area contributed by atoms with Crippen LogP contribution < -0.4 is 10.1 Å². The van der Waals surface area contributed by atoms with Crippen molar-refractivity contribution in [3.63, 3.8) is 0 Å². The first kappa shape index (κ1) is 22.0. The van der Waals surface area contributed by atoms with Crippen LogP contribution in [0.3, 0.4) is 0 Å². The minimum Gasteiger partial charge on any atom is -0.494 e. The van der Waals surface area contributed by atoms with Crippen molar-refractivity contribution < 1.29 is 9.53 Å². The van der Waals surface area contributed by atoms with E-state index in [0.29, 0.717) is 17.4 Å². The summed E-state index contributed by atoms with van der Waals surface area (Å²) in [5.74, 6) is 0.836. The first-order chi connectivity index (χ1) is 15.7. The van der Waals surface area contributed by atoms with Crippen molar-refractivity contribution in [2.45, 2.75) is 6.92 Å². The van der Waals surface area contributed by atoms with Gasteiger partial charge in [-0.2, -0.15) is 0 Å². The average molecular weight is 449 g/mol. The number of benzene rings is 2. The molecule has 4 rings (SSSR count). The lowest BCUT2D eigenvalue weighted by Gasteiger charge is -2.33. The maximum Gasteiger partial charge on any atom is 0.273 e. The molecule has 1 amide bonds. The Hall–Kier alpha value is -3.16. The van der Waals surface area contributed by atoms with E-state index in [-0.39, 0.29) is 5.91 Å². The lowest BCUT2D eigenvalue weighted by molar-refractivity contribution is 0.0645. The second kappa shape index (κ2) is 10.9. The molecule has 2 heterocycles.